The van der Waals surface area contributed by atoms with Gasteiger partial charge in [0.2, 0.25) is 0 Å². The van der Waals surface area contributed by atoms with E-state index in [0.717, 1.165) is 22.4 Å². The molecule has 3 nitrogen and oxygen atoms in total. The SMILES string of the molecule is CC(C)(C)Cc1cc(N)n(Cc2cccc(Br)c2)n1. The molecule has 2 N–H and O–H groups in total. The molecule has 0 saturated heterocycles. The minimum Gasteiger partial charge on any atom is -0.384 e. The van der Waals surface area contributed by atoms with Gasteiger partial charge in [0.25, 0.3) is 0 Å². The predicted octanol–water partition coefficient (Wildman–Crippen LogP) is 3.86. The zero-order chi connectivity index (χ0) is 14.0. The number of aromatic nitrogens is 2. The molecule has 0 amide bonds. The standard InChI is InChI=1S/C15H20BrN3/c1-15(2,3)9-13-8-14(17)19(18-13)10-11-5-4-6-12(16)7-11/h4-8H,9-10,17H2,1-3H3. The van der Waals surface area contributed by atoms with E-state index in [-0.39, 0.29) is 5.41 Å². The average Bonchev–Trinajstić information content (AvgIpc) is 2.56. The van der Waals surface area contributed by atoms with Crippen molar-refractivity contribution in [2.75, 3.05) is 5.73 Å². The normalized spacial score (nSPS) is 11.8. The van der Waals surface area contributed by atoms with Crippen LogP contribution in [0.5, 0.6) is 0 Å². The Kier molecular flexibility index (Phi) is 3.99. The van der Waals surface area contributed by atoms with Crippen molar-refractivity contribution in [3.63, 3.8) is 0 Å². The molecular formula is C15H20BrN3. The van der Waals surface area contributed by atoms with E-state index in [1.54, 1.807) is 0 Å². The van der Waals surface area contributed by atoms with Gasteiger partial charge in [0.05, 0.1) is 12.2 Å². The molecule has 1 aromatic carbocycles. The molecule has 4 heteroatoms. The molecule has 2 rings (SSSR count). The number of halogens is 1. The summed E-state index contributed by atoms with van der Waals surface area (Å²) in [6, 6.07) is 10.2. The van der Waals surface area contributed by atoms with E-state index in [9.17, 15) is 0 Å². The van der Waals surface area contributed by atoms with Crippen LogP contribution in [-0.4, -0.2) is 9.78 Å². The summed E-state index contributed by atoms with van der Waals surface area (Å²) in [4.78, 5) is 0. The second kappa shape index (κ2) is 5.37. The Hall–Kier alpha value is -1.29. The second-order valence-corrected chi connectivity index (χ2v) is 7.00. The van der Waals surface area contributed by atoms with Gasteiger partial charge < -0.3 is 5.73 Å². The maximum Gasteiger partial charge on any atom is 0.122 e. The number of hydrogen-bond donors (Lipinski definition) is 1. The van der Waals surface area contributed by atoms with Crippen LogP contribution in [0.25, 0.3) is 0 Å². The summed E-state index contributed by atoms with van der Waals surface area (Å²) < 4.78 is 2.94. The van der Waals surface area contributed by atoms with Gasteiger partial charge >= 0.3 is 0 Å². The summed E-state index contributed by atoms with van der Waals surface area (Å²) in [7, 11) is 0. The zero-order valence-corrected chi connectivity index (χ0v) is 13.2. The van der Waals surface area contributed by atoms with E-state index < -0.39 is 0 Å². The molecule has 0 aliphatic rings. The fourth-order valence-electron chi connectivity index (χ4n) is 2.05. The Morgan fingerprint density at radius 2 is 2.00 bits per heavy atom. The molecule has 0 unspecified atom stereocenters. The molecule has 1 heterocycles. The fourth-order valence-corrected chi connectivity index (χ4v) is 2.50. The van der Waals surface area contributed by atoms with E-state index in [0.29, 0.717) is 6.54 Å². The van der Waals surface area contributed by atoms with Crippen LogP contribution < -0.4 is 5.73 Å². The van der Waals surface area contributed by atoms with Crippen molar-refractivity contribution in [1.82, 2.24) is 9.78 Å². The Bertz CT molecular complexity index is 567. The highest BCUT2D eigenvalue weighted by Crippen LogP contribution is 2.21. The summed E-state index contributed by atoms with van der Waals surface area (Å²) in [6.45, 7) is 7.32. The summed E-state index contributed by atoms with van der Waals surface area (Å²) >= 11 is 3.48. The molecule has 0 atom stereocenters. The molecule has 2 aromatic rings. The Balaban J connectivity index is 2.17. The lowest BCUT2D eigenvalue weighted by atomic mass is 9.91. The summed E-state index contributed by atoms with van der Waals surface area (Å²) in [5.41, 5.74) is 8.50. The first-order valence-corrected chi connectivity index (χ1v) is 7.19. The van der Waals surface area contributed by atoms with Gasteiger partial charge in [0.15, 0.2) is 0 Å². The largest absolute Gasteiger partial charge is 0.384 e. The third kappa shape index (κ3) is 4.10. The van der Waals surface area contributed by atoms with Crippen molar-refractivity contribution in [2.24, 2.45) is 5.41 Å². The lowest BCUT2D eigenvalue weighted by molar-refractivity contribution is 0.404. The first kappa shape index (κ1) is 14.1. The maximum absolute atomic E-state index is 6.03. The van der Waals surface area contributed by atoms with E-state index in [2.05, 4.69) is 53.9 Å². The number of hydrogen-bond acceptors (Lipinski definition) is 2. The molecule has 0 bridgehead atoms. The van der Waals surface area contributed by atoms with Crippen molar-refractivity contribution < 1.29 is 0 Å². The van der Waals surface area contributed by atoms with Crippen molar-refractivity contribution >= 4 is 21.7 Å². The topological polar surface area (TPSA) is 43.8 Å². The molecule has 0 radical (unpaired) electrons. The van der Waals surface area contributed by atoms with Gasteiger partial charge in [-0.25, -0.2) is 4.68 Å². The highest BCUT2D eigenvalue weighted by Gasteiger charge is 2.15. The first-order valence-electron chi connectivity index (χ1n) is 6.40. The van der Waals surface area contributed by atoms with Crippen LogP contribution in [-0.2, 0) is 13.0 Å². The molecule has 0 saturated carbocycles. The van der Waals surface area contributed by atoms with Gasteiger partial charge in [-0.1, -0.05) is 48.8 Å². The van der Waals surface area contributed by atoms with Crippen LogP contribution in [0.4, 0.5) is 5.82 Å². The monoisotopic (exact) mass is 321 g/mol. The van der Waals surface area contributed by atoms with Gasteiger partial charge in [-0.2, -0.15) is 5.10 Å². The van der Waals surface area contributed by atoms with Crippen molar-refractivity contribution in [1.29, 1.82) is 0 Å². The van der Waals surface area contributed by atoms with Gasteiger partial charge in [0, 0.05) is 10.5 Å². The number of nitrogen functional groups attached to an aromatic ring is 1. The van der Waals surface area contributed by atoms with Crippen molar-refractivity contribution in [2.45, 2.75) is 33.7 Å². The second-order valence-electron chi connectivity index (χ2n) is 6.09. The smallest absolute Gasteiger partial charge is 0.122 e. The maximum atomic E-state index is 6.03. The third-order valence-electron chi connectivity index (χ3n) is 2.79. The molecule has 102 valence electrons. The Labute approximate surface area is 122 Å². The number of anilines is 1. The molecule has 0 spiro atoms. The zero-order valence-electron chi connectivity index (χ0n) is 11.7. The van der Waals surface area contributed by atoms with Crippen LogP contribution in [0, 0.1) is 5.41 Å². The van der Waals surface area contributed by atoms with Crippen LogP contribution in [0.1, 0.15) is 32.0 Å². The van der Waals surface area contributed by atoms with Gasteiger partial charge in [-0.05, 0) is 29.5 Å². The minimum absolute atomic E-state index is 0.224. The van der Waals surface area contributed by atoms with Crippen LogP contribution >= 0.6 is 15.9 Å². The summed E-state index contributed by atoms with van der Waals surface area (Å²) in [5, 5.41) is 4.60. The molecule has 0 aliphatic carbocycles. The van der Waals surface area contributed by atoms with Gasteiger partial charge in [-0.15, -0.1) is 0 Å². The predicted molar refractivity (Wildman–Crippen MR) is 83.0 cm³/mol. The van der Waals surface area contributed by atoms with Crippen LogP contribution in [0.2, 0.25) is 0 Å². The first-order chi connectivity index (χ1) is 8.83. The van der Waals surface area contributed by atoms with E-state index >= 15 is 0 Å². The van der Waals surface area contributed by atoms with E-state index in [4.69, 9.17) is 5.73 Å². The number of nitrogens with two attached hydrogens (primary N) is 1. The number of nitrogens with zero attached hydrogens (tertiary/aromatic N) is 2. The quantitative estimate of drug-likeness (QED) is 0.932. The minimum atomic E-state index is 0.224. The summed E-state index contributed by atoms with van der Waals surface area (Å²) in [5.74, 6) is 0.722. The lowest BCUT2D eigenvalue weighted by Crippen LogP contribution is -2.10. The molecule has 0 aliphatic heterocycles. The molecule has 0 fully saturated rings. The van der Waals surface area contributed by atoms with Crippen LogP contribution in [0.3, 0.4) is 0 Å². The highest BCUT2D eigenvalue weighted by atomic mass is 79.9. The molecule has 19 heavy (non-hydrogen) atoms. The van der Waals surface area contributed by atoms with Crippen molar-refractivity contribution in [3.8, 4) is 0 Å². The lowest BCUT2D eigenvalue weighted by Gasteiger charge is -2.15. The highest BCUT2D eigenvalue weighted by molar-refractivity contribution is 9.10. The van der Waals surface area contributed by atoms with E-state index in [1.807, 2.05) is 22.9 Å². The molecular weight excluding hydrogens is 302 g/mol. The Morgan fingerprint density at radius 3 is 2.63 bits per heavy atom. The average molecular weight is 322 g/mol. The third-order valence-corrected chi connectivity index (χ3v) is 3.29. The van der Waals surface area contributed by atoms with Gasteiger partial charge in [0.1, 0.15) is 5.82 Å². The fraction of sp³-hybridized carbons (Fsp3) is 0.400. The van der Waals surface area contributed by atoms with Crippen LogP contribution in [0.15, 0.2) is 34.8 Å². The molecule has 1 aromatic heterocycles. The Morgan fingerprint density at radius 1 is 1.26 bits per heavy atom. The summed E-state index contributed by atoms with van der Waals surface area (Å²) in [6.07, 6.45) is 0.933. The van der Waals surface area contributed by atoms with Gasteiger partial charge in [-0.3, -0.25) is 0 Å². The number of rotatable bonds is 3. The number of benzene rings is 1. The van der Waals surface area contributed by atoms with Crippen molar-refractivity contribution in [3.05, 3.63) is 46.1 Å². The van der Waals surface area contributed by atoms with E-state index in [1.165, 1.54) is 5.56 Å².